The molecule has 48 heavy (non-hydrogen) atoms. The summed E-state index contributed by atoms with van der Waals surface area (Å²) >= 11 is 0. The van der Waals surface area contributed by atoms with Gasteiger partial charge in [-0.3, -0.25) is 0 Å². The molecular weight excluding hydrogens is 616 g/mol. The fourth-order valence-corrected chi connectivity index (χ4v) is 6.55. The van der Waals surface area contributed by atoms with Crippen LogP contribution >= 0.6 is 0 Å². The quantitative estimate of drug-likeness (QED) is 0.0771. The second-order valence-corrected chi connectivity index (χ2v) is 11.8. The van der Waals surface area contributed by atoms with E-state index in [-0.39, 0.29) is 46.0 Å². The van der Waals surface area contributed by atoms with Gasteiger partial charge >= 0.3 is 0 Å². The van der Waals surface area contributed by atoms with Crippen molar-refractivity contribution in [3.8, 4) is 91.0 Å². The molecule has 0 unspecified atom stereocenters. The third-order valence-electron chi connectivity index (χ3n) is 8.87. The van der Waals surface area contributed by atoms with Crippen LogP contribution in [0.5, 0.6) is 46.0 Å². The third-order valence-corrected chi connectivity index (χ3v) is 8.87. The number of aromatic hydroxyl groups is 8. The SMILES string of the molecule is Oc1cc2c(cc1O)-c1cc3[nH]c(cc4nc(cc5[nH]c(cc-2n1)c1cc(O)c(O)cc51)-c1cc(O)c(O)cc1-4)c1cc(O)c(O)cc31. The number of phenolic OH excluding ortho intramolecular Hbond substituents is 8. The van der Waals surface area contributed by atoms with Crippen LogP contribution in [0.2, 0.25) is 0 Å². The number of hydrogen-bond donors (Lipinski definition) is 10. The van der Waals surface area contributed by atoms with E-state index in [1.54, 1.807) is 24.3 Å². The number of phenols is 8. The first-order chi connectivity index (χ1) is 23.0. The van der Waals surface area contributed by atoms with Crippen molar-refractivity contribution in [3.05, 3.63) is 72.8 Å². The number of H-pyrrole nitrogens is 2. The van der Waals surface area contributed by atoms with Crippen molar-refractivity contribution in [2.24, 2.45) is 0 Å². The number of benzene rings is 4. The topological polar surface area (TPSA) is 219 Å². The van der Waals surface area contributed by atoms with Crippen LogP contribution in [0.1, 0.15) is 0 Å². The molecule has 12 heteroatoms. The van der Waals surface area contributed by atoms with Gasteiger partial charge in [0.1, 0.15) is 0 Å². The van der Waals surface area contributed by atoms with E-state index in [1.165, 1.54) is 48.5 Å². The molecule has 8 bridgehead atoms. The lowest BCUT2D eigenvalue weighted by Crippen LogP contribution is -1.78. The number of hydrogen-bond acceptors (Lipinski definition) is 10. The van der Waals surface area contributed by atoms with Crippen molar-refractivity contribution in [1.82, 2.24) is 19.9 Å². The Labute approximate surface area is 268 Å². The largest absolute Gasteiger partial charge is 0.504 e. The normalized spacial score (nSPS) is 12.0. The van der Waals surface area contributed by atoms with Crippen LogP contribution < -0.4 is 0 Å². The van der Waals surface area contributed by atoms with Gasteiger partial charge in [-0.25, -0.2) is 9.97 Å². The highest BCUT2D eigenvalue weighted by Crippen LogP contribution is 2.46. The van der Waals surface area contributed by atoms with Crippen molar-refractivity contribution in [1.29, 1.82) is 0 Å². The number of nitrogens with zero attached hydrogens (tertiary/aromatic N) is 2. The average molecular weight is 639 g/mol. The lowest BCUT2D eigenvalue weighted by Gasteiger charge is -2.03. The van der Waals surface area contributed by atoms with Gasteiger partial charge in [-0.1, -0.05) is 0 Å². The Morgan fingerprint density at radius 2 is 0.500 bits per heavy atom. The van der Waals surface area contributed by atoms with Crippen LogP contribution in [0.25, 0.3) is 88.6 Å². The molecule has 0 radical (unpaired) electrons. The molecule has 10 N–H and O–H groups in total. The summed E-state index contributed by atoms with van der Waals surface area (Å²) in [5.74, 6) is -2.78. The first-order valence-electron chi connectivity index (χ1n) is 14.6. The van der Waals surface area contributed by atoms with Gasteiger partial charge in [-0.05, 0) is 72.8 Å². The fraction of sp³-hybridized carbons (Fsp3) is 0. The summed E-state index contributed by atoms with van der Waals surface area (Å²) in [5, 5.41) is 85.7. The molecule has 3 aromatic heterocycles. The fourth-order valence-electron chi connectivity index (χ4n) is 6.55. The van der Waals surface area contributed by atoms with E-state index in [0.717, 1.165) is 0 Å². The maximum Gasteiger partial charge on any atom is 0.158 e. The monoisotopic (exact) mass is 638 g/mol. The van der Waals surface area contributed by atoms with Gasteiger partial charge in [0.15, 0.2) is 46.0 Å². The highest BCUT2D eigenvalue weighted by atomic mass is 16.3. The molecule has 12 nitrogen and oxygen atoms in total. The number of fused-ring (bicyclic) bond motifs is 20. The summed E-state index contributed by atoms with van der Waals surface area (Å²) in [4.78, 5) is 16.4. The summed E-state index contributed by atoms with van der Waals surface area (Å²) in [6, 6.07) is 18.1. The van der Waals surface area contributed by atoms with Gasteiger partial charge in [-0.2, -0.15) is 0 Å². The molecule has 2 aliphatic heterocycles. The molecule has 4 aromatic carbocycles. The maximum absolute atomic E-state index is 10.5. The summed E-state index contributed by atoms with van der Waals surface area (Å²) in [7, 11) is 0. The van der Waals surface area contributed by atoms with E-state index in [0.29, 0.717) is 88.6 Å². The molecular formula is C36H22N4O8. The van der Waals surface area contributed by atoms with Gasteiger partial charge in [0, 0.05) is 65.9 Å². The van der Waals surface area contributed by atoms with Crippen molar-refractivity contribution in [3.63, 3.8) is 0 Å². The number of aromatic amines is 2. The first kappa shape index (κ1) is 27.2. The highest BCUT2D eigenvalue weighted by molar-refractivity contribution is 6.11. The summed E-state index contributed by atoms with van der Waals surface area (Å²) in [6.45, 7) is 0. The van der Waals surface area contributed by atoms with E-state index in [9.17, 15) is 40.9 Å². The molecule has 0 amide bonds. The first-order valence-corrected chi connectivity index (χ1v) is 14.6. The molecule has 0 aliphatic carbocycles. The van der Waals surface area contributed by atoms with Crippen LogP contribution in [0.15, 0.2) is 72.8 Å². The number of rotatable bonds is 0. The maximum atomic E-state index is 10.5. The van der Waals surface area contributed by atoms with E-state index >= 15 is 0 Å². The van der Waals surface area contributed by atoms with Gasteiger partial charge in [0.25, 0.3) is 0 Å². The lowest BCUT2D eigenvalue weighted by atomic mass is 10.0. The van der Waals surface area contributed by atoms with Crippen molar-refractivity contribution in [2.45, 2.75) is 0 Å². The summed E-state index contributed by atoms with van der Waals surface area (Å²) in [6.07, 6.45) is 0. The van der Waals surface area contributed by atoms with E-state index < -0.39 is 0 Å². The van der Waals surface area contributed by atoms with Crippen LogP contribution in [0, 0.1) is 0 Å². The minimum atomic E-state index is -0.350. The Morgan fingerprint density at radius 3 is 0.729 bits per heavy atom. The third kappa shape index (κ3) is 3.83. The number of aromatic nitrogens is 4. The molecule has 2 aliphatic rings. The lowest BCUT2D eigenvalue weighted by molar-refractivity contribution is 0.404. The highest BCUT2D eigenvalue weighted by Gasteiger charge is 2.23. The molecule has 0 saturated carbocycles. The summed E-state index contributed by atoms with van der Waals surface area (Å²) < 4.78 is 0. The second-order valence-electron chi connectivity index (χ2n) is 11.8. The van der Waals surface area contributed by atoms with Crippen LogP contribution in [-0.2, 0) is 0 Å². The minimum absolute atomic E-state index is 0.344. The van der Waals surface area contributed by atoms with E-state index in [4.69, 9.17) is 9.97 Å². The zero-order chi connectivity index (χ0) is 33.2. The Bertz CT molecular complexity index is 2410. The van der Waals surface area contributed by atoms with Crippen LogP contribution in [0.4, 0.5) is 0 Å². The molecule has 5 heterocycles. The molecule has 7 aromatic rings. The smallest absolute Gasteiger partial charge is 0.158 e. The molecule has 0 fully saturated rings. The molecule has 0 spiro atoms. The Morgan fingerprint density at radius 1 is 0.292 bits per heavy atom. The van der Waals surface area contributed by atoms with Crippen LogP contribution in [-0.4, -0.2) is 60.8 Å². The van der Waals surface area contributed by atoms with Gasteiger partial charge < -0.3 is 50.8 Å². The van der Waals surface area contributed by atoms with Crippen LogP contribution in [0.3, 0.4) is 0 Å². The van der Waals surface area contributed by atoms with Gasteiger partial charge in [0.2, 0.25) is 0 Å². The predicted octanol–water partition coefficient (Wildman–Crippen LogP) is 6.93. The number of nitrogens with one attached hydrogen (secondary N) is 2. The standard InChI is InChI=1S/C36H22N4O8/c41-29-1-13-14(2-30(29)42)22-10-24-17-5-33(45)34(46)6-18(17)26(39-24)12-28-20-8-36(48)35(47)7-19(20)27(40-28)11-25-16-4-32(44)31(43)3-15(16)23(38-25)9-21(13)37-22/h1-12,37,40-48H. The Balaban J connectivity index is 1.52. The Kier molecular flexibility index (Phi) is 5.24. The molecule has 234 valence electrons. The van der Waals surface area contributed by atoms with Gasteiger partial charge in [0.05, 0.1) is 22.8 Å². The average Bonchev–Trinajstić information content (AvgIpc) is 3.74. The van der Waals surface area contributed by atoms with E-state index in [1.807, 2.05) is 0 Å². The second kappa shape index (κ2) is 9.23. The van der Waals surface area contributed by atoms with Crippen molar-refractivity contribution < 1.29 is 40.9 Å². The zero-order valence-corrected chi connectivity index (χ0v) is 24.4. The molecule has 0 atom stereocenters. The minimum Gasteiger partial charge on any atom is -0.504 e. The molecule has 9 rings (SSSR count). The van der Waals surface area contributed by atoms with E-state index in [2.05, 4.69) is 9.97 Å². The Hall–Kier alpha value is -7.08. The predicted molar refractivity (Wildman–Crippen MR) is 178 cm³/mol. The zero-order valence-electron chi connectivity index (χ0n) is 24.4. The van der Waals surface area contributed by atoms with Gasteiger partial charge in [-0.15, -0.1) is 0 Å². The van der Waals surface area contributed by atoms with Crippen molar-refractivity contribution >= 4 is 43.6 Å². The molecule has 0 saturated heterocycles. The summed E-state index contributed by atoms with van der Waals surface area (Å²) in [5.41, 5.74) is 5.61. The van der Waals surface area contributed by atoms with Crippen molar-refractivity contribution in [2.75, 3.05) is 0 Å².